The van der Waals surface area contributed by atoms with Crippen LogP contribution in [0, 0.1) is 12.7 Å². The van der Waals surface area contributed by atoms with Crippen molar-refractivity contribution in [1.29, 1.82) is 0 Å². The standard InChI is InChI=1S/C18H16FN5O/c1-10-15(8-13(9-16(10)19)18(25)20-14-6-7-14)11-2-4-12(5-3-11)17-21-23-24-22-17/h2-5,8-9,14H,6-7H2,1H3,(H,20,25)(H,21,22,23,24). The number of H-pyrrole nitrogens is 1. The summed E-state index contributed by atoms with van der Waals surface area (Å²) in [6.07, 6.45) is 1.98. The molecule has 25 heavy (non-hydrogen) atoms. The second kappa shape index (κ2) is 6.08. The number of carbonyl (C=O) groups is 1. The summed E-state index contributed by atoms with van der Waals surface area (Å²) in [5.41, 5.74) is 3.21. The lowest BCUT2D eigenvalue weighted by molar-refractivity contribution is 0.0950. The van der Waals surface area contributed by atoms with Crippen molar-refractivity contribution >= 4 is 5.91 Å². The normalized spacial score (nSPS) is 13.7. The largest absolute Gasteiger partial charge is 0.349 e. The fourth-order valence-electron chi connectivity index (χ4n) is 2.70. The monoisotopic (exact) mass is 337 g/mol. The molecule has 1 heterocycles. The second-order valence-electron chi connectivity index (χ2n) is 6.21. The highest BCUT2D eigenvalue weighted by molar-refractivity contribution is 5.96. The van der Waals surface area contributed by atoms with Gasteiger partial charge in [0.05, 0.1) is 0 Å². The predicted molar refractivity (Wildman–Crippen MR) is 90.2 cm³/mol. The number of rotatable bonds is 4. The van der Waals surface area contributed by atoms with Crippen LogP contribution in [0.25, 0.3) is 22.5 Å². The first-order valence-corrected chi connectivity index (χ1v) is 8.07. The molecular weight excluding hydrogens is 321 g/mol. The van der Waals surface area contributed by atoms with Gasteiger partial charge in [0.1, 0.15) is 5.82 Å². The van der Waals surface area contributed by atoms with E-state index in [9.17, 15) is 9.18 Å². The van der Waals surface area contributed by atoms with Crippen molar-refractivity contribution in [2.24, 2.45) is 0 Å². The summed E-state index contributed by atoms with van der Waals surface area (Å²) >= 11 is 0. The zero-order valence-corrected chi connectivity index (χ0v) is 13.6. The second-order valence-corrected chi connectivity index (χ2v) is 6.21. The smallest absolute Gasteiger partial charge is 0.251 e. The molecule has 3 aromatic rings. The topological polar surface area (TPSA) is 83.6 Å². The molecule has 7 heteroatoms. The number of tetrazole rings is 1. The van der Waals surface area contributed by atoms with Gasteiger partial charge in [0.25, 0.3) is 5.91 Å². The quantitative estimate of drug-likeness (QED) is 0.767. The number of halogens is 1. The molecule has 1 fully saturated rings. The van der Waals surface area contributed by atoms with Gasteiger partial charge in [0, 0.05) is 17.2 Å². The molecule has 1 aliphatic rings. The summed E-state index contributed by atoms with van der Waals surface area (Å²) in [6.45, 7) is 1.71. The van der Waals surface area contributed by atoms with E-state index >= 15 is 0 Å². The minimum absolute atomic E-state index is 0.230. The highest BCUT2D eigenvalue weighted by Crippen LogP contribution is 2.29. The van der Waals surface area contributed by atoms with E-state index in [1.807, 2.05) is 24.3 Å². The third-order valence-corrected chi connectivity index (χ3v) is 4.33. The Balaban J connectivity index is 1.68. The maximum absolute atomic E-state index is 14.3. The lowest BCUT2D eigenvalue weighted by Gasteiger charge is -2.11. The molecule has 0 atom stereocenters. The van der Waals surface area contributed by atoms with Gasteiger partial charge in [-0.25, -0.2) is 9.49 Å². The molecule has 0 radical (unpaired) electrons. The Morgan fingerprint density at radius 1 is 1.20 bits per heavy atom. The number of amides is 1. The van der Waals surface area contributed by atoms with Crippen LogP contribution in [0.2, 0.25) is 0 Å². The van der Waals surface area contributed by atoms with E-state index in [1.54, 1.807) is 13.0 Å². The van der Waals surface area contributed by atoms with Crippen molar-refractivity contribution in [1.82, 2.24) is 25.9 Å². The summed E-state index contributed by atoms with van der Waals surface area (Å²) in [6, 6.07) is 10.7. The lowest BCUT2D eigenvalue weighted by atomic mass is 9.96. The summed E-state index contributed by atoms with van der Waals surface area (Å²) < 4.78 is 14.3. The first-order valence-electron chi connectivity index (χ1n) is 8.07. The highest BCUT2D eigenvalue weighted by Gasteiger charge is 2.24. The van der Waals surface area contributed by atoms with Gasteiger partial charge in [-0.15, -0.1) is 5.10 Å². The van der Waals surface area contributed by atoms with Crippen molar-refractivity contribution in [3.8, 4) is 22.5 Å². The molecule has 1 aliphatic carbocycles. The molecule has 0 bridgehead atoms. The van der Waals surface area contributed by atoms with Crippen LogP contribution in [-0.4, -0.2) is 32.6 Å². The SMILES string of the molecule is Cc1c(F)cc(C(=O)NC2CC2)cc1-c1ccc(-c2nnn[nH]2)cc1. The molecule has 126 valence electrons. The number of hydrogen-bond acceptors (Lipinski definition) is 4. The summed E-state index contributed by atoms with van der Waals surface area (Å²) in [4.78, 5) is 12.2. The molecule has 0 saturated heterocycles. The number of nitrogens with one attached hydrogen (secondary N) is 2. The average molecular weight is 337 g/mol. The highest BCUT2D eigenvalue weighted by atomic mass is 19.1. The Labute approximate surface area is 143 Å². The van der Waals surface area contributed by atoms with E-state index in [0.717, 1.165) is 24.0 Å². The third kappa shape index (κ3) is 3.13. The Morgan fingerprint density at radius 3 is 2.56 bits per heavy atom. The number of hydrogen-bond donors (Lipinski definition) is 2. The van der Waals surface area contributed by atoms with E-state index in [0.29, 0.717) is 22.5 Å². The van der Waals surface area contributed by atoms with Crippen molar-refractivity contribution in [3.63, 3.8) is 0 Å². The Morgan fingerprint density at radius 2 is 1.92 bits per heavy atom. The lowest BCUT2D eigenvalue weighted by Crippen LogP contribution is -2.25. The minimum Gasteiger partial charge on any atom is -0.349 e. The number of aromatic amines is 1. The molecule has 0 unspecified atom stereocenters. The molecule has 1 saturated carbocycles. The molecule has 2 aromatic carbocycles. The molecule has 4 rings (SSSR count). The van der Waals surface area contributed by atoms with Crippen LogP contribution in [0.5, 0.6) is 0 Å². The van der Waals surface area contributed by atoms with Gasteiger partial charge < -0.3 is 5.32 Å². The van der Waals surface area contributed by atoms with Crippen molar-refractivity contribution in [3.05, 3.63) is 53.3 Å². The zero-order chi connectivity index (χ0) is 17.4. The van der Waals surface area contributed by atoms with Gasteiger partial charge in [0.15, 0.2) is 5.82 Å². The maximum atomic E-state index is 14.3. The van der Waals surface area contributed by atoms with E-state index < -0.39 is 0 Å². The fourth-order valence-corrected chi connectivity index (χ4v) is 2.70. The van der Waals surface area contributed by atoms with Gasteiger partial charge in [-0.1, -0.05) is 24.3 Å². The number of carbonyl (C=O) groups excluding carboxylic acids is 1. The molecule has 0 spiro atoms. The maximum Gasteiger partial charge on any atom is 0.251 e. The molecule has 0 aliphatic heterocycles. The zero-order valence-electron chi connectivity index (χ0n) is 13.6. The average Bonchev–Trinajstić information content (AvgIpc) is 3.26. The summed E-state index contributed by atoms with van der Waals surface area (Å²) in [5.74, 6) is -0.0547. The summed E-state index contributed by atoms with van der Waals surface area (Å²) in [7, 11) is 0. The van der Waals surface area contributed by atoms with Gasteiger partial charge in [-0.05, 0) is 59.0 Å². The van der Waals surface area contributed by atoms with Gasteiger partial charge in [-0.2, -0.15) is 0 Å². The van der Waals surface area contributed by atoms with Crippen LogP contribution in [0.3, 0.4) is 0 Å². The predicted octanol–water partition coefficient (Wildman–Crippen LogP) is 2.87. The van der Waals surface area contributed by atoms with E-state index in [1.165, 1.54) is 6.07 Å². The molecule has 1 amide bonds. The van der Waals surface area contributed by atoms with Crippen LogP contribution in [-0.2, 0) is 0 Å². The Kier molecular flexibility index (Phi) is 3.76. The Hall–Kier alpha value is -3.09. The first kappa shape index (κ1) is 15.4. The number of benzene rings is 2. The number of nitrogens with zero attached hydrogens (tertiary/aromatic N) is 3. The van der Waals surface area contributed by atoms with Crippen LogP contribution in [0.1, 0.15) is 28.8 Å². The number of aromatic nitrogens is 4. The van der Waals surface area contributed by atoms with Crippen molar-refractivity contribution in [2.75, 3.05) is 0 Å². The molecule has 6 nitrogen and oxygen atoms in total. The van der Waals surface area contributed by atoms with Gasteiger partial charge >= 0.3 is 0 Å². The van der Waals surface area contributed by atoms with E-state index in [2.05, 4.69) is 25.9 Å². The summed E-state index contributed by atoms with van der Waals surface area (Å²) in [5, 5.41) is 16.5. The fraction of sp³-hybridized carbons (Fsp3) is 0.222. The molecule has 2 N–H and O–H groups in total. The Bertz CT molecular complexity index is 917. The van der Waals surface area contributed by atoms with Crippen molar-refractivity contribution < 1.29 is 9.18 Å². The van der Waals surface area contributed by atoms with Crippen LogP contribution in [0.15, 0.2) is 36.4 Å². The van der Waals surface area contributed by atoms with Gasteiger partial charge in [-0.3, -0.25) is 4.79 Å². The third-order valence-electron chi connectivity index (χ3n) is 4.33. The molecular formula is C18H16FN5O. The first-order chi connectivity index (χ1) is 12.1. The van der Waals surface area contributed by atoms with E-state index in [4.69, 9.17) is 0 Å². The minimum atomic E-state index is -0.387. The van der Waals surface area contributed by atoms with Crippen LogP contribution >= 0.6 is 0 Å². The molecule has 1 aromatic heterocycles. The van der Waals surface area contributed by atoms with Crippen LogP contribution in [0.4, 0.5) is 4.39 Å². The van der Waals surface area contributed by atoms with Crippen molar-refractivity contribution in [2.45, 2.75) is 25.8 Å². The van der Waals surface area contributed by atoms with Gasteiger partial charge in [0.2, 0.25) is 0 Å². The van der Waals surface area contributed by atoms with E-state index in [-0.39, 0.29) is 17.8 Å². The van der Waals surface area contributed by atoms with Crippen LogP contribution < -0.4 is 5.32 Å².